The molecular formula is C14H11ClF3N. The summed E-state index contributed by atoms with van der Waals surface area (Å²) in [5, 5.41) is 0.0826. The number of nitrogens with two attached hydrogens (primary N) is 1. The molecule has 0 radical (unpaired) electrons. The molecule has 0 aliphatic carbocycles. The molecule has 0 amide bonds. The molecule has 2 aromatic rings. The Bertz CT molecular complexity index is 628. The van der Waals surface area contributed by atoms with Crippen LogP contribution in [0.3, 0.4) is 0 Å². The molecule has 19 heavy (non-hydrogen) atoms. The summed E-state index contributed by atoms with van der Waals surface area (Å²) in [6.45, 7) is 1.55. The Morgan fingerprint density at radius 3 is 2.42 bits per heavy atom. The van der Waals surface area contributed by atoms with E-state index in [1.165, 1.54) is 18.2 Å². The third-order valence-corrected chi connectivity index (χ3v) is 3.26. The van der Waals surface area contributed by atoms with Gasteiger partial charge in [-0.2, -0.15) is 0 Å². The lowest BCUT2D eigenvalue weighted by Crippen LogP contribution is -2.15. The van der Waals surface area contributed by atoms with E-state index in [-0.39, 0.29) is 10.6 Å². The van der Waals surface area contributed by atoms with Crippen LogP contribution in [0.15, 0.2) is 30.3 Å². The fourth-order valence-corrected chi connectivity index (χ4v) is 2.11. The van der Waals surface area contributed by atoms with Crippen molar-refractivity contribution >= 4 is 11.6 Å². The molecule has 0 spiro atoms. The maximum atomic E-state index is 13.7. The van der Waals surface area contributed by atoms with E-state index in [9.17, 15) is 13.2 Å². The fraction of sp³-hybridized carbons (Fsp3) is 0.143. The van der Waals surface area contributed by atoms with Crippen molar-refractivity contribution in [2.75, 3.05) is 0 Å². The molecule has 100 valence electrons. The van der Waals surface area contributed by atoms with E-state index in [1.807, 2.05) is 0 Å². The molecule has 0 aliphatic heterocycles. The molecule has 1 atom stereocenters. The molecule has 0 heterocycles. The first-order valence-electron chi connectivity index (χ1n) is 5.57. The van der Waals surface area contributed by atoms with Crippen LogP contribution in [-0.2, 0) is 0 Å². The minimum absolute atomic E-state index is 0.0205. The highest BCUT2D eigenvalue weighted by Crippen LogP contribution is 2.30. The first-order chi connectivity index (χ1) is 8.91. The molecule has 2 aromatic carbocycles. The van der Waals surface area contributed by atoms with Crippen molar-refractivity contribution in [2.45, 2.75) is 13.0 Å². The zero-order chi connectivity index (χ0) is 14.2. The van der Waals surface area contributed by atoms with Crippen molar-refractivity contribution in [3.63, 3.8) is 0 Å². The highest BCUT2D eigenvalue weighted by Gasteiger charge is 2.19. The van der Waals surface area contributed by atoms with E-state index in [0.29, 0.717) is 11.1 Å². The van der Waals surface area contributed by atoms with Crippen LogP contribution in [0.25, 0.3) is 0 Å². The monoisotopic (exact) mass is 285 g/mol. The van der Waals surface area contributed by atoms with E-state index in [0.717, 1.165) is 12.1 Å². The normalized spacial score (nSPS) is 12.5. The van der Waals surface area contributed by atoms with Gasteiger partial charge in [0.05, 0.1) is 6.04 Å². The van der Waals surface area contributed by atoms with Crippen LogP contribution in [0.5, 0.6) is 0 Å². The SMILES string of the molecule is Cc1cc(C(N)c2cccc(F)c2F)c(Cl)cc1F. The predicted octanol–water partition coefficient (Wildman–Crippen LogP) is 4.11. The van der Waals surface area contributed by atoms with Crippen LogP contribution in [-0.4, -0.2) is 0 Å². The quantitative estimate of drug-likeness (QED) is 0.883. The summed E-state index contributed by atoms with van der Waals surface area (Å²) in [4.78, 5) is 0. The van der Waals surface area contributed by atoms with Crippen molar-refractivity contribution in [3.05, 3.63) is 69.5 Å². The number of rotatable bonds is 2. The summed E-state index contributed by atoms with van der Waals surface area (Å²) in [6.07, 6.45) is 0. The number of benzene rings is 2. The van der Waals surface area contributed by atoms with Crippen LogP contribution < -0.4 is 5.73 Å². The van der Waals surface area contributed by atoms with Gasteiger partial charge in [0.1, 0.15) is 5.82 Å². The summed E-state index contributed by atoms with van der Waals surface area (Å²) in [5.41, 5.74) is 6.56. The van der Waals surface area contributed by atoms with Crippen molar-refractivity contribution in [1.29, 1.82) is 0 Å². The molecule has 0 aromatic heterocycles. The fourth-order valence-electron chi connectivity index (χ4n) is 1.85. The molecule has 5 heteroatoms. The summed E-state index contributed by atoms with van der Waals surface area (Å²) < 4.78 is 40.2. The molecule has 0 bridgehead atoms. The van der Waals surface area contributed by atoms with E-state index in [2.05, 4.69) is 0 Å². The largest absolute Gasteiger partial charge is 0.320 e. The average molecular weight is 286 g/mol. The van der Waals surface area contributed by atoms with Gasteiger partial charge in [-0.25, -0.2) is 13.2 Å². The summed E-state index contributed by atoms with van der Waals surface area (Å²) in [6, 6.07) is 5.33. The second-order valence-corrected chi connectivity index (χ2v) is 4.65. The minimum Gasteiger partial charge on any atom is -0.320 e. The third kappa shape index (κ3) is 2.60. The molecule has 0 saturated heterocycles. The molecule has 0 fully saturated rings. The van der Waals surface area contributed by atoms with Gasteiger partial charge in [-0.05, 0) is 36.2 Å². The molecule has 2 N–H and O–H groups in total. The zero-order valence-electron chi connectivity index (χ0n) is 10.1. The Kier molecular flexibility index (Phi) is 3.83. The average Bonchev–Trinajstić information content (AvgIpc) is 2.36. The Morgan fingerprint density at radius 1 is 1.05 bits per heavy atom. The summed E-state index contributed by atoms with van der Waals surface area (Å²) >= 11 is 5.90. The third-order valence-electron chi connectivity index (χ3n) is 2.93. The van der Waals surface area contributed by atoms with E-state index in [4.69, 9.17) is 17.3 Å². The van der Waals surface area contributed by atoms with E-state index in [1.54, 1.807) is 6.92 Å². The molecule has 1 unspecified atom stereocenters. The number of halogens is 4. The zero-order valence-corrected chi connectivity index (χ0v) is 10.8. The van der Waals surface area contributed by atoms with Gasteiger partial charge >= 0.3 is 0 Å². The van der Waals surface area contributed by atoms with Gasteiger partial charge in [0.15, 0.2) is 11.6 Å². The Balaban J connectivity index is 2.53. The highest BCUT2D eigenvalue weighted by molar-refractivity contribution is 6.31. The van der Waals surface area contributed by atoms with E-state index < -0.39 is 23.5 Å². The van der Waals surface area contributed by atoms with E-state index >= 15 is 0 Å². The lowest BCUT2D eigenvalue weighted by Gasteiger charge is -2.16. The van der Waals surface area contributed by atoms with Crippen LogP contribution >= 0.6 is 11.6 Å². The topological polar surface area (TPSA) is 26.0 Å². The lowest BCUT2D eigenvalue weighted by molar-refractivity contribution is 0.494. The molecule has 0 saturated carbocycles. The Morgan fingerprint density at radius 2 is 1.74 bits per heavy atom. The van der Waals surface area contributed by atoms with Gasteiger partial charge in [-0.3, -0.25) is 0 Å². The second-order valence-electron chi connectivity index (χ2n) is 4.24. The minimum atomic E-state index is -1.02. The molecule has 1 nitrogen and oxygen atoms in total. The highest BCUT2D eigenvalue weighted by atomic mass is 35.5. The standard InChI is InChI=1S/C14H11ClF3N/c1-7-5-9(10(15)6-12(7)17)14(19)8-3-2-4-11(16)13(8)18/h2-6,14H,19H2,1H3. The number of hydrogen-bond donors (Lipinski definition) is 1. The smallest absolute Gasteiger partial charge is 0.163 e. The maximum Gasteiger partial charge on any atom is 0.163 e. The van der Waals surface area contributed by atoms with Gasteiger partial charge in [-0.1, -0.05) is 23.7 Å². The number of hydrogen-bond acceptors (Lipinski definition) is 1. The Labute approximate surface area is 113 Å². The van der Waals surface area contributed by atoms with Gasteiger partial charge in [0.2, 0.25) is 0 Å². The van der Waals surface area contributed by atoms with Crippen LogP contribution in [0, 0.1) is 24.4 Å². The summed E-state index contributed by atoms with van der Waals surface area (Å²) in [5.74, 6) is -2.48. The maximum absolute atomic E-state index is 13.7. The number of aryl methyl sites for hydroxylation is 1. The van der Waals surface area contributed by atoms with Crippen LogP contribution in [0.1, 0.15) is 22.7 Å². The van der Waals surface area contributed by atoms with Crippen molar-refractivity contribution < 1.29 is 13.2 Å². The van der Waals surface area contributed by atoms with Gasteiger partial charge < -0.3 is 5.73 Å². The summed E-state index contributed by atoms with van der Waals surface area (Å²) in [7, 11) is 0. The van der Waals surface area contributed by atoms with Crippen molar-refractivity contribution in [2.24, 2.45) is 5.73 Å². The van der Waals surface area contributed by atoms with Gasteiger partial charge in [0.25, 0.3) is 0 Å². The first kappa shape index (κ1) is 13.9. The van der Waals surface area contributed by atoms with Crippen molar-refractivity contribution in [1.82, 2.24) is 0 Å². The Hall–Kier alpha value is -1.52. The predicted molar refractivity (Wildman–Crippen MR) is 68.5 cm³/mol. The van der Waals surface area contributed by atoms with Crippen LogP contribution in [0.2, 0.25) is 5.02 Å². The second kappa shape index (κ2) is 5.23. The molecule has 0 aliphatic rings. The van der Waals surface area contributed by atoms with Gasteiger partial charge in [-0.15, -0.1) is 0 Å². The first-order valence-corrected chi connectivity index (χ1v) is 5.94. The lowest BCUT2D eigenvalue weighted by atomic mass is 9.97. The molecule has 2 rings (SSSR count). The van der Waals surface area contributed by atoms with Crippen LogP contribution in [0.4, 0.5) is 13.2 Å². The molecular weight excluding hydrogens is 275 g/mol. The van der Waals surface area contributed by atoms with Crippen molar-refractivity contribution in [3.8, 4) is 0 Å². The van der Waals surface area contributed by atoms with Gasteiger partial charge in [0, 0.05) is 10.6 Å².